The highest BCUT2D eigenvalue weighted by atomic mass is 35.5. The summed E-state index contributed by atoms with van der Waals surface area (Å²) >= 11 is 6.20. The number of hydrogen-bond acceptors (Lipinski definition) is 2. The molecule has 140 valence electrons. The second kappa shape index (κ2) is 8.41. The van der Waals surface area contributed by atoms with Gasteiger partial charge in [-0.2, -0.15) is 0 Å². The minimum Gasteiger partial charge on any atom is -0.542 e. The van der Waals surface area contributed by atoms with Crippen LogP contribution in [0.15, 0.2) is 42.5 Å². The van der Waals surface area contributed by atoms with Crippen LogP contribution in [0.4, 0.5) is 0 Å². The van der Waals surface area contributed by atoms with E-state index in [0.717, 1.165) is 23.2 Å². The van der Waals surface area contributed by atoms with Crippen LogP contribution in [0.25, 0.3) is 11.1 Å². The van der Waals surface area contributed by atoms with Crippen molar-refractivity contribution in [3.05, 3.63) is 53.1 Å². The molecule has 0 saturated heterocycles. The van der Waals surface area contributed by atoms with Crippen LogP contribution in [0.1, 0.15) is 51.9 Å². The van der Waals surface area contributed by atoms with Crippen molar-refractivity contribution in [2.24, 2.45) is 0 Å². The summed E-state index contributed by atoms with van der Waals surface area (Å²) in [4.78, 5) is 11.3. The lowest BCUT2D eigenvalue weighted by Gasteiger charge is -2.42. The molecule has 0 fully saturated rings. The summed E-state index contributed by atoms with van der Waals surface area (Å²) in [5.74, 6) is 0.848. The molecule has 2 nitrogen and oxygen atoms in total. The zero-order valence-corrected chi connectivity index (χ0v) is 18.3. The van der Waals surface area contributed by atoms with Gasteiger partial charge in [0.25, 0.3) is 8.32 Å². The number of carbonyl (C=O) groups excluding carboxylic acids is 1. The lowest BCUT2D eigenvalue weighted by Crippen LogP contribution is -2.50. The van der Waals surface area contributed by atoms with Crippen molar-refractivity contribution in [2.75, 3.05) is 0 Å². The minimum absolute atomic E-state index is 0.473. The Morgan fingerprint density at radius 1 is 0.923 bits per heavy atom. The molecule has 0 atom stereocenters. The first-order valence-corrected chi connectivity index (χ1v) is 11.8. The van der Waals surface area contributed by atoms with Crippen molar-refractivity contribution in [2.45, 2.75) is 58.2 Å². The quantitative estimate of drug-likeness (QED) is 0.365. The summed E-state index contributed by atoms with van der Waals surface area (Å²) in [7, 11) is -2.10. The van der Waals surface area contributed by atoms with Gasteiger partial charge in [-0.1, -0.05) is 65.3 Å². The molecule has 0 N–H and O–H groups in total. The van der Waals surface area contributed by atoms with Gasteiger partial charge in [-0.05, 0) is 52.5 Å². The van der Waals surface area contributed by atoms with Gasteiger partial charge in [-0.15, -0.1) is 0 Å². The molecule has 2 aromatic carbocycles. The predicted molar refractivity (Wildman–Crippen MR) is 114 cm³/mol. The first kappa shape index (κ1) is 20.7. The molecule has 4 heteroatoms. The predicted octanol–water partition coefficient (Wildman–Crippen LogP) is 7.37. The van der Waals surface area contributed by atoms with Gasteiger partial charge in [-0.25, -0.2) is 0 Å². The fourth-order valence-electron chi connectivity index (χ4n) is 4.14. The smallest absolute Gasteiger partial charge is 0.258 e. The Kier molecular flexibility index (Phi) is 6.70. The average molecular weight is 389 g/mol. The Morgan fingerprint density at radius 2 is 1.54 bits per heavy atom. The molecule has 0 saturated carbocycles. The van der Waals surface area contributed by atoms with Crippen LogP contribution < -0.4 is 4.43 Å². The fraction of sp³-hybridized carbons (Fsp3) is 0.409. The SMILES string of the molecule is CC(C)[Si](Oc1ccc(C=O)cc1-c1cccc(Cl)c1)(C(C)C)C(C)C. The highest BCUT2D eigenvalue weighted by Gasteiger charge is 2.47. The number of halogens is 1. The van der Waals surface area contributed by atoms with E-state index >= 15 is 0 Å². The fourth-order valence-corrected chi connectivity index (χ4v) is 9.59. The topological polar surface area (TPSA) is 26.3 Å². The van der Waals surface area contributed by atoms with Crippen molar-refractivity contribution in [3.8, 4) is 16.9 Å². The number of hydrogen-bond donors (Lipinski definition) is 0. The third-order valence-corrected chi connectivity index (χ3v) is 11.5. The number of benzene rings is 2. The van der Waals surface area contributed by atoms with E-state index in [-0.39, 0.29) is 0 Å². The highest BCUT2D eigenvalue weighted by Crippen LogP contribution is 2.45. The molecule has 0 bridgehead atoms. The Balaban J connectivity index is 2.63. The summed E-state index contributed by atoms with van der Waals surface area (Å²) in [5, 5.41) is 0.671. The van der Waals surface area contributed by atoms with E-state index in [1.165, 1.54) is 0 Å². The maximum Gasteiger partial charge on any atom is 0.258 e. The first-order valence-electron chi connectivity index (χ1n) is 9.26. The molecule has 0 aromatic heterocycles. The van der Waals surface area contributed by atoms with Crippen LogP contribution in [0.3, 0.4) is 0 Å². The summed E-state index contributed by atoms with van der Waals surface area (Å²) < 4.78 is 6.89. The molecule has 2 rings (SSSR count). The molecule has 0 radical (unpaired) electrons. The third kappa shape index (κ3) is 4.05. The van der Waals surface area contributed by atoms with Crippen molar-refractivity contribution < 1.29 is 9.22 Å². The Morgan fingerprint density at radius 3 is 2.04 bits per heavy atom. The minimum atomic E-state index is -2.10. The first-order chi connectivity index (χ1) is 12.2. The monoisotopic (exact) mass is 388 g/mol. The molecule has 0 heterocycles. The van der Waals surface area contributed by atoms with Crippen LogP contribution in [0.5, 0.6) is 5.75 Å². The summed E-state index contributed by atoms with van der Waals surface area (Å²) in [5.41, 5.74) is 3.95. The zero-order chi connectivity index (χ0) is 19.5. The van der Waals surface area contributed by atoms with E-state index in [9.17, 15) is 4.79 Å². The second-order valence-corrected chi connectivity index (χ2v) is 13.6. The molecular weight excluding hydrogens is 360 g/mol. The number of rotatable bonds is 7. The van der Waals surface area contributed by atoms with Crippen molar-refractivity contribution in [1.29, 1.82) is 0 Å². The van der Waals surface area contributed by atoms with Gasteiger partial charge in [0.1, 0.15) is 12.0 Å². The summed E-state index contributed by atoms with van der Waals surface area (Å²) in [6.07, 6.45) is 0.871. The Hall–Kier alpha value is -1.58. The van der Waals surface area contributed by atoms with Gasteiger partial charge in [0.05, 0.1) is 0 Å². The van der Waals surface area contributed by atoms with E-state index in [1.54, 1.807) is 0 Å². The molecule has 0 aliphatic heterocycles. The molecule has 0 unspecified atom stereocenters. The lowest BCUT2D eigenvalue weighted by molar-refractivity contribution is 0.112. The largest absolute Gasteiger partial charge is 0.542 e. The molecule has 2 aromatic rings. The van der Waals surface area contributed by atoms with Gasteiger partial charge >= 0.3 is 0 Å². The molecule has 0 aliphatic carbocycles. The molecule has 0 spiro atoms. The summed E-state index contributed by atoms with van der Waals surface area (Å²) in [6, 6.07) is 13.4. The van der Waals surface area contributed by atoms with Gasteiger partial charge in [-0.3, -0.25) is 4.79 Å². The van der Waals surface area contributed by atoms with Crippen LogP contribution in [-0.4, -0.2) is 14.6 Å². The molecule has 26 heavy (non-hydrogen) atoms. The van der Waals surface area contributed by atoms with Gasteiger partial charge in [0, 0.05) is 16.1 Å². The zero-order valence-electron chi connectivity index (χ0n) is 16.5. The van der Waals surface area contributed by atoms with Crippen molar-refractivity contribution >= 4 is 26.2 Å². The van der Waals surface area contributed by atoms with Crippen molar-refractivity contribution in [1.82, 2.24) is 0 Å². The maximum atomic E-state index is 11.3. The second-order valence-electron chi connectivity index (χ2n) is 7.80. The van der Waals surface area contributed by atoms with E-state index in [1.807, 2.05) is 42.5 Å². The average Bonchev–Trinajstić information content (AvgIpc) is 2.58. The highest BCUT2D eigenvalue weighted by molar-refractivity contribution is 6.78. The lowest BCUT2D eigenvalue weighted by atomic mass is 10.0. The third-order valence-electron chi connectivity index (χ3n) is 5.27. The normalized spacial score (nSPS) is 12.1. The molecule has 0 aliphatic rings. The van der Waals surface area contributed by atoms with Crippen LogP contribution >= 0.6 is 11.6 Å². The molecular formula is C22H29ClO2Si. The molecule has 0 amide bonds. The Bertz CT molecular complexity index is 747. The Labute approximate surface area is 163 Å². The van der Waals surface area contributed by atoms with E-state index in [0.29, 0.717) is 27.2 Å². The number of carbonyl (C=O) groups is 1. The van der Waals surface area contributed by atoms with Crippen LogP contribution in [-0.2, 0) is 0 Å². The van der Waals surface area contributed by atoms with Gasteiger partial charge in [0.15, 0.2) is 0 Å². The maximum absolute atomic E-state index is 11.3. The van der Waals surface area contributed by atoms with Crippen LogP contribution in [0, 0.1) is 0 Å². The standard InChI is InChI=1S/C22H29ClO2Si/c1-15(2)26(16(3)4,17(5)6)25-22-11-10-18(14-24)12-21(22)19-8-7-9-20(23)13-19/h7-17H,1-6H3. The van der Waals surface area contributed by atoms with Gasteiger partial charge < -0.3 is 4.43 Å². The number of aldehydes is 1. The van der Waals surface area contributed by atoms with Crippen molar-refractivity contribution in [3.63, 3.8) is 0 Å². The van der Waals surface area contributed by atoms with E-state index < -0.39 is 8.32 Å². The van der Waals surface area contributed by atoms with E-state index in [4.69, 9.17) is 16.0 Å². The summed E-state index contributed by atoms with van der Waals surface area (Å²) in [6.45, 7) is 13.6. The van der Waals surface area contributed by atoms with E-state index in [2.05, 4.69) is 41.5 Å². The van der Waals surface area contributed by atoms with Gasteiger partial charge in [0.2, 0.25) is 0 Å². The van der Waals surface area contributed by atoms with Crippen LogP contribution in [0.2, 0.25) is 21.6 Å².